The minimum absolute atomic E-state index is 0.0160. The highest BCUT2D eigenvalue weighted by atomic mass is 32.2. The van der Waals surface area contributed by atoms with E-state index >= 15 is 0 Å². The fourth-order valence-corrected chi connectivity index (χ4v) is 3.66. The molecule has 0 aliphatic rings. The van der Waals surface area contributed by atoms with Gasteiger partial charge < -0.3 is 19.5 Å². The lowest BCUT2D eigenvalue weighted by atomic mass is 10.2. The quantitative estimate of drug-likeness (QED) is 0.553. The van der Waals surface area contributed by atoms with Gasteiger partial charge >= 0.3 is 5.97 Å². The number of ether oxygens (including phenoxy) is 3. The first kappa shape index (κ1) is 22.9. The summed E-state index contributed by atoms with van der Waals surface area (Å²) in [6.07, 6.45) is 0. The average Bonchev–Trinajstić information content (AvgIpc) is 2.58. The zero-order valence-electron chi connectivity index (χ0n) is 16.1. The van der Waals surface area contributed by atoms with Crippen LogP contribution in [-0.4, -0.2) is 59.8 Å². The zero-order valence-corrected chi connectivity index (χ0v) is 16.9. The minimum atomic E-state index is -3.89. The number of methoxy groups -OCH3 is 2. The number of benzene rings is 1. The van der Waals surface area contributed by atoms with E-state index in [1.54, 1.807) is 20.8 Å². The van der Waals surface area contributed by atoms with E-state index in [1.165, 1.54) is 26.4 Å². The van der Waals surface area contributed by atoms with Crippen LogP contribution in [0.15, 0.2) is 23.1 Å². The Kier molecular flexibility index (Phi) is 8.67. The Balaban J connectivity index is 2.90. The Morgan fingerprint density at radius 2 is 1.81 bits per heavy atom. The third kappa shape index (κ3) is 7.16. The number of hydrogen-bond donors (Lipinski definition) is 2. The van der Waals surface area contributed by atoms with Crippen molar-refractivity contribution in [3.63, 3.8) is 0 Å². The van der Waals surface area contributed by atoms with Gasteiger partial charge in [-0.3, -0.25) is 4.79 Å². The first-order valence-corrected chi connectivity index (χ1v) is 9.74. The second-order valence-electron chi connectivity index (χ2n) is 6.14. The highest BCUT2D eigenvalue weighted by molar-refractivity contribution is 7.89. The molecule has 27 heavy (non-hydrogen) atoms. The highest BCUT2D eigenvalue weighted by Crippen LogP contribution is 2.25. The van der Waals surface area contributed by atoms with E-state index in [1.807, 2.05) is 0 Å². The summed E-state index contributed by atoms with van der Waals surface area (Å²) in [6, 6.07) is 3.29. The Hall–Kier alpha value is -2.17. The molecular weight excluding hydrogens is 376 g/mol. The maximum absolute atomic E-state index is 12.4. The van der Waals surface area contributed by atoms with Gasteiger partial charge in [-0.2, -0.15) is 0 Å². The summed E-state index contributed by atoms with van der Waals surface area (Å²) in [5, 5.41) is 2.60. The second-order valence-corrected chi connectivity index (χ2v) is 7.82. The maximum atomic E-state index is 12.4. The number of nitrogens with one attached hydrogen (secondary N) is 2. The van der Waals surface area contributed by atoms with Crippen molar-refractivity contribution in [2.75, 3.05) is 27.4 Å². The molecule has 1 aromatic carbocycles. The molecule has 9 nitrogen and oxygen atoms in total. The lowest BCUT2D eigenvalue weighted by Crippen LogP contribution is -2.38. The maximum Gasteiger partial charge on any atom is 0.338 e. The van der Waals surface area contributed by atoms with Crippen LogP contribution in [0.25, 0.3) is 0 Å². The minimum Gasteiger partial charge on any atom is -0.495 e. The topological polar surface area (TPSA) is 120 Å². The molecule has 1 unspecified atom stereocenters. The summed E-state index contributed by atoms with van der Waals surface area (Å²) in [6.45, 7) is 4.91. The summed E-state index contributed by atoms with van der Waals surface area (Å²) >= 11 is 0. The van der Waals surface area contributed by atoms with Gasteiger partial charge in [0.05, 0.1) is 19.3 Å². The van der Waals surface area contributed by atoms with Crippen LogP contribution < -0.4 is 14.8 Å². The molecule has 1 rings (SSSR count). The molecule has 0 saturated carbocycles. The first-order chi connectivity index (χ1) is 12.6. The van der Waals surface area contributed by atoms with E-state index in [9.17, 15) is 18.0 Å². The third-order valence-electron chi connectivity index (χ3n) is 3.24. The van der Waals surface area contributed by atoms with Crippen LogP contribution in [0.3, 0.4) is 0 Å². The molecule has 0 bridgehead atoms. The van der Waals surface area contributed by atoms with E-state index in [-0.39, 0.29) is 28.3 Å². The molecule has 1 aromatic rings. The van der Waals surface area contributed by atoms with Crippen molar-refractivity contribution in [1.29, 1.82) is 0 Å². The van der Waals surface area contributed by atoms with E-state index in [0.717, 1.165) is 6.07 Å². The van der Waals surface area contributed by atoms with Crippen molar-refractivity contribution in [1.82, 2.24) is 10.0 Å². The summed E-state index contributed by atoms with van der Waals surface area (Å²) < 4.78 is 42.2. The van der Waals surface area contributed by atoms with Crippen molar-refractivity contribution >= 4 is 21.9 Å². The fraction of sp³-hybridized carbons (Fsp3) is 0.529. The molecule has 0 spiro atoms. The van der Waals surface area contributed by atoms with Gasteiger partial charge in [0.1, 0.15) is 10.6 Å². The van der Waals surface area contributed by atoms with Crippen molar-refractivity contribution in [3.8, 4) is 5.75 Å². The van der Waals surface area contributed by atoms with Crippen LogP contribution >= 0.6 is 0 Å². The van der Waals surface area contributed by atoms with Crippen LogP contribution in [0.5, 0.6) is 5.75 Å². The van der Waals surface area contributed by atoms with Crippen molar-refractivity contribution in [2.24, 2.45) is 0 Å². The molecule has 2 N–H and O–H groups in total. The molecule has 0 saturated heterocycles. The molecule has 1 atom stereocenters. The number of carbonyl (C=O) groups is 2. The predicted molar refractivity (Wildman–Crippen MR) is 98.2 cm³/mol. The second kappa shape index (κ2) is 10.2. The highest BCUT2D eigenvalue weighted by Gasteiger charge is 2.23. The van der Waals surface area contributed by atoms with E-state index in [4.69, 9.17) is 14.2 Å². The van der Waals surface area contributed by atoms with Gasteiger partial charge in [-0.1, -0.05) is 0 Å². The lowest BCUT2D eigenvalue weighted by Gasteiger charge is -2.14. The van der Waals surface area contributed by atoms with E-state index in [2.05, 4.69) is 10.0 Å². The van der Waals surface area contributed by atoms with Gasteiger partial charge in [0.15, 0.2) is 6.61 Å². The van der Waals surface area contributed by atoms with Crippen LogP contribution in [0.2, 0.25) is 0 Å². The monoisotopic (exact) mass is 402 g/mol. The first-order valence-electron chi connectivity index (χ1n) is 8.26. The zero-order chi connectivity index (χ0) is 20.6. The van der Waals surface area contributed by atoms with E-state index < -0.39 is 28.5 Å². The Bertz CT molecular complexity index is 763. The van der Waals surface area contributed by atoms with Gasteiger partial charge in [0.2, 0.25) is 10.0 Å². The number of carbonyl (C=O) groups excluding carboxylic acids is 2. The third-order valence-corrected chi connectivity index (χ3v) is 4.92. The smallest absolute Gasteiger partial charge is 0.338 e. The molecule has 152 valence electrons. The van der Waals surface area contributed by atoms with Gasteiger partial charge in [-0.25, -0.2) is 17.9 Å². The van der Waals surface area contributed by atoms with Crippen LogP contribution in [0, 0.1) is 0 Å². The standard InChI is InChI=1S/C17H26N2O7S/c1-11(2)19-27(22,23)15-8-13(6-7-14(15)25-5)17(21)26-10-16(20)18-12(3)9-24-4/h6-8,11-12,19H,9-10H2,1-5H3,(H,18,20). The normalized spacial score (nSPS) is 12.5. The summed E-state index contributed by atoms with van der Waals surface area (Å²) in [5.74, 6) is -1.23. The summed E-state index contributed by atoms with van der Waals surface area (Å²) in [7, 11) is -1.06. The molecule has 0 fully saturated rings. The largest absolute Gasteiger partial charge is 0.495 e. The number of amides is 1. The van der Waals surface area contributed by atoms with Gasteiger partial charge in [-0.15, -0.1) is 0 Å². The Labute approximate surface area is 159 Å². The fourth-order valence-electron chi connectivity index (χ4n) is 2.21. The summed E-state index contributed by atoms with van der Waals surface area (Å²) in [4.78, 5) is 23.7. The SMILES string of the molecule is COCC(C)NC(=O)COC(=O)c1ccc(OC)c(S(=O)(=O)NC(C)C)c1. The van der Waals surface area contributed by atoms with Crippen molar-refractivity contribution in [2.45, 2.75) is 37.8 Å². The molecule has 0 aromatic heterocycles. The van der Waals surface area contributed by atoms with Crippen molar-refractivity contribution < 1.29 is 32.2 Å². The number of esters is 1. The van der Waals surface area contributed by atoms with E-state index in [0.29, 0.717) is 6.61 Å². The van der Waals surface area contributed by atoms with Crippen LogP contribution in [0.4, 0.5) is 0 Å². The summed E-state index contributed by atoms with van der Waals surface area (Å²) in [5.41, 5.74) is -0.0160. The number of sulfonamides is 1. The van der Waals surface area contributed by atoms with Gasteiger partial charge in [0, 0.05) is 19.2 Å². The lowest BCUT2D eigenvalue weighted by molar-refractivity contribution is -0.125. The molecule has 0 aliphatic heterocycles. The molecular formula is C17H26N2O7S. The Morgan fingerprint density at radius 3 is 2.37 bits per heavy atom. The van der Waals surface area contributed by atoms with Crippen LogP contribution in [-0.2, 0) is 24.3 Å². The molecule has 0 aliphatic carbocycles. The van der Waals surface area contributed by atoms with Gasteiger partial charge in [-0.05, 0) is 39.0 Å². The van der Waals surface area contributed by atoms with Crippen LogP contribution in [0.1, 0.15) is 31.1 Å². The molecule has 0 heterocycles. The molecule has 1 amide bonds. The molecule has 0 radical (unpaired) electrons. The number of rotatable bonds is 10. The number of hydrogen-bond acceptors (Lipinski definition) is 7. The average molecular weight is 402 g/mol. The van der Waals surface area contributed by atoms with Gasteiger partial charge in [0.25, 0.3) is 5.91 Å². The molecule has 10 heteroatoms. The Morgan fingerprint density at radius 1 is 1.15 bits per heavy atom. The van der Waals surface area contributed by atoms with Crippen molar-refractivity contribution in [3.05, 3.63) is 23.8 Å². The predicted octanol–water partition coefficient (Wildman–Crippen LogP) is 0.690.